The molecule has 5 aromatic carbocycles. The van der Waals surface area contributed by atoms with E-state index in [4.69, 9.17) is 9.31 Å². The van der Waals surface area contributed by atoms with Crippen molar-refractivity contribution in [3.63, 3.8) is 0 Å². The number of benzene rings is 4. The zero-order valence-corrected chi connectivity index (χ0v) is 24.8. The average Bonchev–Trinajstić information content (AvgIpc) is 3.67. The van der Waals surface area contributed by atoms with Crippen molar-refractivity contribution in [2.45, 2.75) is 38.9 Å². The zero-order chi connectivity index (χ0) is 29.3. The molecule has 0 spiro atoms. The van der Waals surface area contributed by atoms with Crippen LogP contribution in [0.1, 0.15) is 27.7 Å². The van der Waals surface area contributed by atoms with E-state index in [2.05, 4.69) is 158 Å². The molecule has 2 aromatic heterocycles. The molecule has 7 aromatic rings. The molecule has 0 amide bonds. The van der Waals surface area contributed by atoms with Crippen LogP contribution >= 0.6 is 0 Å². The summed E-state index contributed by atoms with van der Waals surface area (Å²) in [4.78, 5) is 0. The highest BCUT2D eigenvalue weighted by atomic mass is 16.7. The number of para-hydroxylation sites is 1. The van der Waals surface area contributed by atoms with Crippen LogP contribution in [0, 0.1) is 12.1 Å². The lowest BCUT2D eigenvalue weighted by Gasteiger charge is -2.32. The SMILES string of the molecule is CC1(C)OB(c2ccc3c(c2)c2c#cc4c(ccn4-c4ccc(-c5ccccc5)cc4)c2n3-c2ccccc2)OC1(C)C. The fourth-order valence-electron chi connectivity index (χ4n) is 6.19. The summed E-state index contributed by atoms with van der Waals surface area (Å²) < 4.78 is 17.4. The Morgan fingerprint density at radius 3 is 1.98 bits per heavy atom. The van der Waals surface area contributed by atoms with Crippen molar-refractivity contribution in [1.29, 1.82) is 0 Å². The predicted molar refractivity (Wildman–Crippen MR) is 176 cm³/mol. The number of nitrogens with zero attached hydrogens (tertiary/aromatic N) is 2. The highest BCUT2D eigenvalue weighted by Crippen LogP contribution is 2.39. The molecule has 3 heterocycles. The van der Waals surface area contributed by atoms with Gasteiger partial charge in [-0.25, -0.2) is 0 Å². The Bertz CT molecular complexity index is 2110. The van der Waals surface area contributed by atoms with Crippen LogP contribution in [0.2, 0.25) is 0 Å². The monoisotopic (exact) mass is 558 g/mol. The van der Waals surface area contributed by atoms with Gasteiger partial charge in [0.15, 0.2) is 0 Å². The van der Waals surface area contributed by atoms with E-state index in [0.717, 1.165) is 49.5 Å². The Morgan fingerprint density at radius 1 is 0.628 bits per heavy atom. The Labute approximate surface area is 252 Å². The first-order valence-electron chi connectivity index (χ1n) is 14.8. The molecular weight excluding hydrogens is 527 g/mol. The minimum absolute atomic E-state index is 0.404. The normalized spacial score (nSPS) is 15.9. The Morgan fingerprint density at radius 2 is 1.28 bits per heavy atom. The van der Waals surface area contributed by atoms with Crippen molar-refractivity contribution in [3.05, 3.63) is 128 Å². The summed E-state index contributed by atoms with van der Waals surface area (Å²) in [7, 11) is -0.433. The van der Waals surface area contributed by atoms with E-state index in [-0.39, 0.29) is 0 Å². The second-order valence-corrected chi connectivity index (χ2v) is 12.4. The quantitative estimate of drug-likeness (QED) is 0.203. The first-order valence-corrected chi connectivity index (χ1v) is 14.8. The minimum atomic E-state index is -0.433. The zero-order valence-electron chi connectivity index (χ0n) is 24.8. The maximum atomic E-state index is 6.41. The van der Waals surface area contributed by atoms with Gasteiger partial charge in [0.05, 0.1) is 27.6 Å². The Balaban J connectivity index is 1.31. The third kappa shape index (κ3) is 4.02. The van der Waals surface area contributed by atoms with Crippen molar-refractivity contribution in [3.8, 4) is 22.5 Å². The van der Waals surface area contributed by atoms with Crippen molar-refractivity contribution in [2.75, 3.05) is 0 Å². The number of hydrogen-bond donors (Lipinski definition) is 0. The first kappa shape index (κ1) is 25.9. The molecule has 0 aliphatic carbocycles. The van der Waals surface area contributed by atoms with Gasteiger partial charge in [0.25, 0.3) is 0 Å². The molecule has 43 heavy (non-hydrogen) atoms. The average molecular weight is 558 g/mol. The molecule has 4 nitrogen and oxygen atoms in total. The fourth-order valence-corrected chi connectivity index (χ4v) is 6.19. The molecule has 0 bridgehead atoms. The van der Waals surface area contributed by atoms with Crippen LogP contribution in [0.5, 0.6) is 0 Å². The second kappa shape index (κ2) is 9.37. The van der Waals surface area contributed by atoms with Gasteiger partial charge in [0.2, 0.25) is 0 Å². The maximum Gasteiger partial charge on any atom is 0.494 e. The van der Waals surface area contributed by atoms with Crippen LogP contribution < -0.4 is 5.46 Å². The largest absolute Gasteiger partial charge is 0.494 e. The topological polar surface area (TPSA) is 28.3 Å². The third-order valence-electron chi connectivity index (χ3n) is 9.23. The minimum Gasteiger partial charge on any atom is -0.399 e. The standard InChI is InChI=1S/C38H31BN2O2/c1-37(2)38(3,4)43-39(42-37)28-17-21-35-33(25-28)31-20-22-34-32(36(31)41(35)30-13-9-6-10-14-30)23-24-40(34)29-18-15-27(16-19-29)26-11-7-5-8-12-26/h5-19,21,23-25H,1-4H3. The smallest absolute Gasteiger partial charge is 0.399 e. The number of rotatable bonds is 4. The molecule has 1 saturated heterocycles. The van der Waals surface area contributed by atoms with Crippen LogP contribution in [0.4, 0.5) is 0 Å². The second-order valence-electron chi connectivity index (χ2n) is 12.4. The van der Waals surface area contributed by atoms with Crippen LogP contribution in [0.25, 0.3) is 55.2 Å². The highest BCUT2D eigenvalue weighted by molar-refractivity contribution is 6.62. The van der Waals surface area contributed by atoms with E-state index < -0.39 is 18.3 Å². The Hall–Kier alpha value is -4.76. The summed E-state index contributed by atoms with van der Waals surface area (Å²) in [6.07, 6.45) is 2.13. The lowest BCUT2D eigenvalue weighted by molar-refractivity contribution is 0.00578. The van der Waals surface area contributed by atoms with Gasteiger partial charge in [-0.3, -0.25) is 0 Å². The molecule has 8 rings (SSSR count). The van der Waals surface area contributed by atoms with E-state index in [1.54, 1.807) is 0 Å². The van der Waals surface area contributed by atoms with Crippen LogP contribution in [0.15, 0.2) is 115 Å². The lowest BCUT2D eigenvalue weighted by atomic mass is 9.78. The van der Waals surface area contributed by atoms with Gasteiger partial charge in [-0.15, -0.1) is 0 Å². The van der Waals surface area contributed by atoms with Gasteiger partial charge in [-0.05, 0) is 86.7 Å². The van der Waals surface area contributed by atoms with Gasteiger partial charge in [0, 0.05) is 28.3 Å². The molecule has 0 radical (unpaired) electrons. The molecule has 0 saturated carbocycles. The van der Waals surface area contributed by atoms with Crippen molar-refractivity contribution in [2.24, 2.45) is 0 Å². The number of aromatic nitrogens is 2. The third-order valence-corrected chi connectivity index (χ3v) is 9.23. The van der Waals surface area contributed by atoms with E-state index >= 15 is 0 Å². The molecule has 0 unspecified atom stereocenters. The van der Waals surface area contributed by atoms with Gasteiger partial charge >= 0.3 is 7.12 Å². The molecule has 208 valence electrons. The van der Waals surface area contributed by atoms with Crippen LogP contribution in [-0.4, -0.2) is 27.5 Å². The molecule has 0 atom stereocenters. The first-order chi connectivity index (χ1) is 20.8. The van der Waals surface area contributed by atoms with Crippen LogP contribution in [0.3, 0.4) is 0 Å². The molecule has 5 heteroatoms. The maximum absolute atomic E-state index is 6.41. The van der Waals surface area contributed by atoms with Gasteiger partial charge in [0.1, 0.15) is 5.52 Å². The lowest BCUT2D eigenvalue weighted by Crippen LogP contribution is -2.41. The molecule has 1 aliphatic rings. The Kier molecular flexibility index (Phi) is 5.65. The number of hydrogen-bond acceptors (Lipinski definition) is 2. The molecular formula is C38H31BN2O2. The summed E-state index contributed by atoms with van der Waals surface area (Å²) in [6, 6.07) is 45.5. The van der Waals surface area contributed by atoms with Gasteiger partial charge in [-0.1, -0.05) is 78.9 Å². The van der Waals surface area contributed by atoms with Gasteiger partial charge < -0.3 is 18.4 Å². The van der Waals surface area contributed by atoms with Crippen molar-refractivity contribution >= 4 is 45.3 Å². The van der Waals surface area contributed by atoms with Crippen molar-refractivity contribution in [1.82, 2.24) is 9.13 Å². The molecule has 1 aliphatic heterocycles. The summed E-state index contributed by atoms with van der Waals surface area (Å²) in [5.41, 5.74) is 8.00. The van der Waals surface area contributed by atoms with E-state index in [1.807, 2.05) is 6.07 Å². The summed E-state index contributed by atoms with van der Waals surface area (Å²) in [5.74, 6) is 0. The number of fused-ring (bicyclic) bond motifs is 5. The van der Waals surface area contributed by atoms with E-state index in [0.29, 0.717) is 0 Å². The summed E-state index contributed by atoms with van der Waals surface area (Å²) >= 11 is 0. The van der Waals surface area contributed by atoms with Crippen molar-refractivity contribution < 1.29 is 9.31 Å². The van der Waals surface area contributed by atoms with Crippen LogP contribution in [-0.2, 0) is 9.31 Å². The summed E-state index contributed by atoms with van der Waals surface area (Å²) in [6.45, 7) is 8.36. The molecule has 1 fully saturated rings. The van der Waals surface area contributed by atoms with Gasteiger partial charge in [-0.2, -0.15) is 0 Å². The highest BCUT2D eigenvalue weighted by Gasteiger charge is 2.51. The van der Waals surface area contributed by atoms with E-state index in [9.17, 15) is 0 Å². The molecule has 0 N–H and O–H groups in total. The fraction of sp³-hybridized carbons (Fsp3) is 0.158. The summed E-state index contributed by atoms with van der Waals surface area (Å²) in [5, 5.41) is 3.25. The van der Waals surface area contributed by atoms with E-state index in [1.165, 1.54) is 11.1 Å². The predicted octanol–water partition coefficient (Wildman–Crippen LogP) is 8.29.